The Hall–Kier alpha value is -1.81. The summed E-state index contributed by atoms with van der Waals surface area (Å²) in [6, 6.07) is 3.16. The number of thioether (sulfide) groups is 1. The van der Waals surface area contributed by atoms with Gasteiger partial charge in [-0.2, -0.15) is 17.0 Å². The number of nitrogens with zero attached hydrogens (tertiary/aromatic N) is 3. The number of unbranched alkanes of at least 4 members (excludes halogenated alkanes) is 2. The molecule has 0 saturated carbocycles. The summed E-state index contributed by atoms with van der Waals surface area (Å²) in [6.45, 7) is 0.622. The number of hydrogen-bond donors (Lipinski definition) is 1. The molecule has 1 aromatic heterocycles. The topological polar surface area (TPSA) is 91.8 Å². The van der Waals surface area contributed by atoms with E-state index in [1.807, 2.05) is 17.8 Å². The molecule has 102 valence electrons. The van der Waals surface area contributed by atoms with E-state index in [0.717, 1.165) is 25.0 Å². The van der Waals surface area contributed by atoms with E-state index in [0.29, 0.717) is 6.54 Å². The number of nitro groups is 1. The van der Waals surface area contributed by atoms with E-state index in [1.165, 1.54) is 12.3 Å². The molecule has 0 aliphatic carbocycles. The van der Waals surface area contributed by atoms with Gasteiger partial charge in [0, 0.05) is 12.7 Å². The van der Waals surface area contributed by atoms with E-state index >= 15 is 0 Å². The van der Waals surface area contributed by atoms with Crippen LogP contribution in [0.15, 0.2) is 12.3 Å². The van der Waals surface area contributed by atoms with E-state index in [-0.39, 0.29) is 17.1 Å². The largest absolute Gasteiger partial charge is 0.364 e. The monoisotopic (exact) mass is 280 g/mol. The third-order valence-corrected chi connectivity index (χ3v) is 3.24. The lowest BCUT2D eigenvalue weighted by molar-refractivity contribution is -0.384. The molecule has 1 rings (SSSR count). The van der Waals surface area contributed by atoms with Gasteiger partial charge in [-0.05, 0) is 30.9 Å². The first-order chi connectivity index (χ1) is 9.20. The highest BCUT2D eigenvalue weighted by Crippen LogP contribution is 2.25. The van der Waals surface area contributed by atoms with Crippen LogP contribution >= 0.6 is 11.8 Å². The lowest BCUT2D eigenvalue weighted by Crippen LogP contribution is -2.07. The summed E-state index contributed by atoms with van der Waals surface area (Å²) in [6.07, 6.45) is 6.60. The first kappa shape index (κ1) is 15.2. The molecule has 19 heavy (non-hydrogen) atoms. The summed E-state index contributed by atoms with van der Waals surface area (Å²) in [4.78, 5) is 14.3. The number of aromatic nitrogens is 1. The Morgan fingerprint density at radius 1 is 1.53 bits per heavy atom. The van der Waals surface area contributed by atoms with Crippen molar-refractivity contribution >= 4 is 23.3 Å². The van der Waals surface area contributed by atoms with Gasteiger partial charge in [0.15, 0.2) is 0 Å². The Balaban J connectivity index is 2.59. The van der Waals surface area contributed by atoms with Gasteiger partial charge < -0.3 is 5.32 Å². The average Bonchev–Trinajstić information content (AvgIpc) is 2.42. The fraction of sp³-hybridized carbons (Fsp3) is 0.500. The summed E-state index contributed by atoms with van der Waals surface area (Å²) in [7, 11) is 0. The lowest BCUT2D eigenvalue weighted by Gasteiger charge is -2.06. The molecule has 1 aromatic rings. The van der Waals surface area contributed by atoms with Gasteiger partial charge in [-0.1, -0.05) is 6.42 Å². The second kappa shape index (κ2) is 8.32. The average molecular weight is 280 g/mol. The maximum absolute atomic E-state index is 10.9. The minimum absolute atomic E-state index is 0.0323. The van der Waals surface area contributed by atoms with Gasteiger partial charge in [0.2, 0.25) is 5.82 Å². The third-order valence-electron chi connectivity index (χ3n) is 2.54. The van der Waals surface area contributed by atoms with Crippen molar-refractivity contribution in [3.63, 3.8) is 0 Å². The first-order valence-electron chi connectivity index (χ1n) is 5.97. The number of hydrogen-bond acceptors (Lipinski definition) is 6. The number of anilines is 1. The smallest absolute Gasteiger partial charge is 0.328 e. The fourth-order valence-corrected chi connectivity index (χ4v) is 2.11. The predicted molar refractivity (Wildman–Crippen MR) is 76.3 cm³/mol. The van der Waals surface area contributed by atoms with Crippen molar-refractivity contribution in [3.8, 4) is 6.07 Å². The summed E-state index contributed by atoms with van der Waals surface area (Å²) >= 11 is 1.81. The molecular weight excluding hydrogens is 264 g/mol. The zero-order chi connectivity index (χ0) is 14.1. The van der Waals surface area contributed by atoms with Gasteiger partial charge in [-0.3, -0.25) is 10.1 Å². The van der Waals surface area contributed by atoms with Crippen LogP contribution in [0, 0.1) is 21.4 Å². The molecule has 0 amide bonds. The van der Waals surface area contributed by atoms with Crippen molar-refractivity contribution in [3.05, 3.63) is 27.9 Å². The highest BCUT2D eigenvalue weighted by molar-refractivity contribution is 7.98. The number of rotatable bonds is 8. The molecule has 0 aliphatic rings. The van der Waals surface area contributed by atoms with Crippen molar-refractivity contribution in [1.29, 1.82) is 5.26 Å². The van der Waals surface area contributed by atoms with Crippen LogP contribution in [0.4, 0.5) is 11.5 Å². The van der Waals surface area contributed by atoms with E-state index < -0.39 is 4.92 Å². The van der Waals surface area contributed by atoms with Gasteiger partial charge in [0.1, 0.15) is 11.6 Å². The first-order valence-corrected chi connectivity index (χ1v) is 7.36. The van der Waals surface area contributed by atoms with Crippen molar-refractivity contribution in [2.45, 2.75) is 19.3 Å². The van der Waals surface area contributed by atoms with Crippen molar-refractivity contribution in [2.24, 2.45) is 0 Å². The molecule has 1 N–H and O–H groups in total. The Morgan fingerprint density at radius 3 is 2.95 bits per heavy atom. The number of nitrogens with one attached hydrogen (secondary N) is 1. The molecule has 0 aromatic carbocycles. The van der Waals surface area contributed by atoms with Crippen LogP contribution in [0.1, 0.15) is 24.8 Å². The van der Waals surface area contributed by atoms with E-state index in [2.05, 4.69) is 16.6 Å². The van der Waals surface area contributed by atoms with E-state index in [9.17, 15) is 10.1 Å². The quantitative estimate of drug-likeness (QED) is 0.447. The Bertz CT molecular complexity index is 473. The maximum Gasteiger partial charge on any atom is 0.328 e. The van der Waals surface area contributed by atoms with Crippen LogP contribution in [0.2, 0.25) is 0 Å². The van der Waals surface area contributed by atoms with Crippen molar-refractivity contribution < 1.29 is 4.92 Å². The number of nitriles is 1. The van der Waals surface area contributed by atoms with Gasteiger partial charge in [0.25, 0.3) is 0 Å². The zero-order valence-electron chi connectivity index (χ0n) is 10.8. The zero-order valence-corrected chi connectivity index (χ0v) is 11.6. The molecule has 0 saturated heterocycles. The van der Waals surface area contributed by atoms with Crippen LogP contribution in [-0.4, -0.2) is 28.5 Å². The summed E-state index contributed by atoms with van der Waals surface area (Å²) in [5, 5.41) is 22.7. The van der Waals surface area contributed by atoms with Crippen molar-refractivity contribution in [2.75, 3.05) is 23.9 Å². The van der Waals surface area contributed by atoms with Gasteiger partial charge in [0.05, 0.1) is 4.92 Å². The lowest BCUT2D eigenvalue weighted by atomic mass is 10.2. The highest BCUT2D eigenvalue weighted by atomic mass is 32.2. The molecule has 0 bridgehead atoms. The van der Waals surface area contributed by atoms with Crippen LogP contribution in [0.25, 0.3) is 0 Å². The molecule has 0 unspecified atom stereocenters. The minimum atomic E-state index is -0.568. The molecule has 0 fully saturated rings. The molecular formula is C12H16N4O2S. The van der Waals surface area contributed by atoms with Gasteiger partial charge >= 0.3 is 5.69 Å². The molecule has 6 nitrogen and oxygen atoms in total. The highest BCUT2D eigenvalue weighted by Gasteiger charge is 2.20. The van der Waals surface area contributed by atoms with Gasteiger partial charge in [-0.15, -0.1) is 0 Å². The van der Waals surface area contributed by atoms with E-state index in [4.69, 9.17) is 5.26 Å². The second-order valence-electron chi connectivity index (χ2n) is 3.90. The molecule has 0 radical (unpaired) electrons. The van der Waals surface area contributed by atoms with Crippen molar-refractivity contribution in [1.82, 2.24) is 4.98 Å². The SMILES string of the molecule is CSCCCCCNc1nccc(C#N)c1[N+](=O)[O-]. The van der Waals surface area contributed by atoms with Crippen LogP contribution < -0.4 is 5.32 Å². The molecule has 0 aliphatic heterocycles. The molecule has 1 heterocycles. The maximum atomic E-state index is 10.9. The predicted octanol–water partition coefficient (Wildman–Crippen LogP) is 2.81. The minimum Gasteiger partial charge on any atom is -0.364 e. The Morgan fingerprint density at radius 2 is 2.32 bits per heavy atom. The van der Waals surface area contributed by atoms with Crippen LogP contribution in [-0.2, 0) is 0 Å². The fourth-order valence-electron chi connectivity index (χ4n) is 1.61. The van der Waals surface area contributed by atoms with E-state index in [1.54, 1.807) is 0 Å². The molecule has 0 spiro atoms. The Labute approximate surface area is 116 Å². The third kappa shape index (κ3) is 4.75. The molecule has 0 atom stereocenters. The normalized spacial score (nSPS) is 9.89. The standard InChI is InChI=1S/C12H16N4O2S/c1-19-8-4-2-3-6-14-12-11(16(17)18)10(9-13)5-7-15-12/h5,7H,2-4,6,8H2,1H3,(H,14,15). The summed E-state index contributed by atoms with van der Waals surface area (Å²) in [5.41, 5.74) is -0.209. The van der Waals surface area contributed by atoms with Crippen LogP contribution in [0.3, 0.4) is 0 Å². The Kier molecular flexibility index (Phi) is 6.68. The van der Waals surface area contributed by atoms with Crippen LogP contribution in [0.5, 0.6) is 0 Å². The number of pyridine rings is 1. The second-order valence-corrected chi connectivity index (χ2v) is 4.89. The molecule has 7 heteroatoms. The van der Waals surface area contributed by atoms with Gasteiger partial charge in [-0.25, -0.2) is 4.98 Å². The summed E-state index contributed by atoms with van der Waals surface area (Å²) in [5.74, 6) is 1.30. The summed E-state index contributed by atoms with van der Waals surface area (Å²) < 4.78 is 0.